The number of benzene rings is 3. The number of hydrogen-bond acceptors (Lipinski definition) is 4. The minimum Gasteiger partial charge on any atom is -0.463 e. The Balaban J connectivity index is 2.02. The summed E-state index contributed by atoms with van der Waals surface area (Å²) < 4.78 is 5.45. The van der Waals surface area contributed by atoms with E-state index in [1.165, 1.54) is 0 Å². The average molecular weight is 455 g/mol. The van der Waals surface area contributed by atoms with E-state index < -0.39 is 17.0 Å². The summed E-state index contributed by atoms with van der Waals surface area (Å²) in [4.78, 5) is 12.6. The van der Waals surface area contributed by atoms with Crippen molar-refractivity contribution in [3.8, 4) is 6.07 Å². The minimum absolute atomic E-state index is 0.168. The molecule has 0 radical (unpaired) electrons. The summed E-state index contributed by atoms with van der Waals surface area (Å²) in [5.41, 5.74) is 1.73. The van der Waals surface area contributed by atoms with Gasteiger partial charge in [0, 0.05) is 0 Å². The first-order valence-electron chi connectivity index (χ1n) is 11.8. The second kappa shape index (κ2) is 11.1. The lowest BCUT2D eigenvalue weighted by Gasteiger charge is -2.39. The molecule has 0 fully saturated rings. The van der Waals surface area contributed by atoms with Crippen LogP contribution in [0.2, 0.25) is 0 Å². The van der Waals surface area contributed by atoms with Crippen molar-refractivity contribution in [3.63, 3.8) is 0 Å². The molecule has 3 aromatic rings. The lowest BCUT2D eigenvalue weighted by molar-refractivity contribution is -0.158. The van der Waals surface area contributed by atoms with Crippen LogP contribution in [-0.4, -0.2) is 18.1 Å². The molecule has 0 bridgehead atoms. The van der Waals surface area contributed by atoms with Crippen molar-refractivity contribution in [1.82, 2.24) is 5.32 Å². The molecule has 4 nitrogen and oxygen atoms in total. The highest BCUT2D eigenvalue weighted by Gasteiger charge is 2.39. The summed E-state index contributed by atoms with van der Waals surface area (Å²) in [6, 6.07) is 32.6. The minimum atomic E-state index is -0.729. The Bertz CT molecular complexity index is 990. The smallest absolute Gasteiger partial charge is 0.311 e. The van der Waals surface area contributed by atoms with Gasteiger partial charge in [-0.2, -0.15) is 5.26 Å². The molecule has 4 heteroatoms. The number of carbonyl (C=O) groups excluding carboxylic acids is 1. The molecule has 0 spiro atoms. The fourth-order valence-electron chi connectivity index (χ4n) is 4.23. The Morgan fingerprint density at radius 3 is 1.62 bits per heavy atom. The van der Waals surface area contributed by atoms with E-state index >= 15 is 0 Å². The summed E-state index contributed by atoms with van der Waals surface area (Å²) in [6.45, 7) is 7.46. The van der Waals surface area contributed by atoms with Crippen molar-refractivity contribution < 1.29 is 9.53 Å². The molecule has 1 atom stereocenters. The zero-order chi connectivity index (χ0) is 24.6. The Morgan fingerprint density at radius 2 is 1.26 bits per heavy atom. The van der Waals surface area contributed by atoms with E-state index in [-0.39, 0.29) is 12.1 Å². The van der Waals surface area contributed by atoms with Gasteiger partial charge in [0.15, 0.2) is 0 Å². The number of carbonyl (C=O) groups is 1. The lowest BCUT2D eigenvalue weighted by Crippen LogP contribution is -2.49. The molecule has 0 aliphatic heterocycles. The standard InChI is InChI=1S/C30H34N2O2/c1-23(2)34-28(33)29(3,4)21-20-27(22-31)32-30(24-14-8-5-9-15-24,25-16-10-6-11-17-25)26-18-12-7-13-19-26/h5-19,23,27,32H,20-21H2,1-4H3. The first-order valence-corrected chi connectivity index (χ1v) is 11.8. The van der Waals surface area contributed by atoms with Crippen molar-refractivity contribution in [2.45, 2.75) is 58.2 Å². The Hall–Kier alpha value is -3.42. The van der Waals surface area contributed by atoms with Crippen molar-refractivity contribution >= 4 is 5.97 Å². The number of rotatable bonds is 10. The maximum Gasteiger partial charge on any atom is 0.311 e. The Kier molecular flexibility index (Phi) is 8.26. The van der Waals surface area contributed by atoms with Gasteiger partial charge < -0.3 is 4.74 Å². The van der Waals surface area contributed by atoms with Crippen LogP contribution in [-0.2, 0) is 15.1 Å². The maximum atomic E-state index is 12.6. The molecule has 0 heterocycles. The highest BCUT2D eigenvalue weighted by atomic mass is 16.5. The number of nitriles is 1. The van der Waals surface area contributed by atoms with Gasteiger partial charge in [0.1, 0.15) is 0 Å². The third-order valence-corrected chi connectivity index (χ3v) is 6.12. The second-order valence-corrected chi connectivity index (χ2v) is 9.55. The molecule has 3 rings (SSSR count). The topological polar surface area (TPSA) is 62.1 Å². The SMILES string of the molecule is CC(C)OC(=O)C(C)(C)CCC(C#N)NC(c1ccccc1)(c1ccccc1)c1ccccc1. The molecule has 3 aromatic carbocycles. The first-order chi connectivity index (χ1) is 16.3. The predicted octanol–water partition coefficient (Wildman–Crippen LogP) is 6.22. The number of nitrogens with one attached hydrogen (secondary N) is 1. The van der Waals surface area contributed by atoms with E-state index in [1.807, 2.05) is 82.3 Å². The Morgan fingerprint density at radius 1 is 0.853 bits per heavy atom. The molecule has 0 aromatic heterocycles. The number of nitrogens with zero attached hydrogens (tertiary/aromatic N) is 1. The predicted molar refractivity (Wildman–Crippen MR) is 136 cm³/mol. The summed E-state index contributed by atoms with van der Waals surface area (Å²) in [5.74, 6) is -0.236. The van der Waals surface area contributed by atoms with Gasteiger partial charge in [-0.1, -0.05) is 91.0 Å². The zero-order valence-electron chi connectivity index (χ0n) is 20.5. The van der Waals surface area contributed by atoms with Gasteiger partial charge in [-0.3, -0.25) is 10.1 Å². The van der Waals surface area contributed by atoms with Gasteiger partial charge in [-0.15, -0.1) is 0 Å². The molecular weight excluding hydrogens is 420 g/mol. The van der Waals surface area contributed by atoms with Crippen LogP contribution in [0.3, 0.4) is 0 Å². The summed E-state index contributed by atoms with van der Waals surface area (Å²) in [5, 5.41) is 13.9. The second-order valence-electron chi connectivity index (χ2n) is 9.55. The van der Waals surface area contributed by atoms with Crippen molar-refractivity contribution in [3.05, 3.63) is 108 Å². The van der Waals surface area contributed by atoms with Crippen LogP contribution >= 0.6 is 0 Å². The fraction of sp³-hybridized carbons (Fsp3) is 0.333. The van der Waals surface area contributed by atoms with Crippen LogP contribution in [0.15, 0.2) is 91.0 Å². The molecule has 0 aliphatic rings. The van der Waals surface area contributed by atoms with Crippen LogP contribution in [0, 0.1) is 16.7 Å². The number of ether oxygens (including phenoxy) is 1. The number of esters is 1. The van der Waals surface area contributed by atoms with Crippen molar-refractivity contribution in [1.29, 1.82) is 5.26 Å². The van der Waals surface area contributed by atoms with Gasteiger partial charge in [0.25, 0.3) is 0 Å². The first kappa shape index (κ1) is 25.2. The summed E-state index contributed by atoms with van der Waals surface area (Å²) >= 11 is 0. The van der Waals surface area contributed by atoms with Crippen LogP contribution in [0.4, 0.5) is 0 Å². The van der Waals surface area contributed by atoms with E-state index in [1.54, 1.807) is 0 Å². The van der Waals surface area contributed by atoms with Crippen LogP contribution in [0.5, 0.6) is 0 Å². The van der Waals surface area contributed by atoms with Gasteiger partial charge >= 0.3 is 5.97 Å². The van der Waals surface area contributed by atoms with Gasteiger partial charge in [-0.25, -0.2) is 0 Å². The molecule has 0 amide bonds. The fourth-order valence-corrected chi connectivity index (χ4v) is 4.23. The highest BCUT2D eigenvalue weighted by Crippen LogP contribution is 2.38. The highest BCUT2D eigenvalue weighted by molar-refractivity contribution is 5.76. The molecular formula is C30H34N2O2. The normalized spacial score (nSPS) is 12.7. The quantitative estimate of drug-likeness (QED) is 0.292. The van der Waals surface area contributed by atoms with Crippen molar-refractivity contribution in [2.75, 3.05) is 0 Å². The van der Waals surface area contributed by atoms with E-state index in [2.05, 4.69) is 47.8 Å². The van der Waals surface area contributed by atoms with Crippen molar-refractivity contribution in [2.24, 2.45) is 5.41 Å². The van der Waals surface area contributed by atoms with E-state index in [9.17, 15) is 10.1 Å². The van der Waals surface area contributed by atoms with E-state index in [0.717, 1.165) is 16.7 Å². The molecule has 34 heavy (non-hydrogen) atoms. The van der Waals surface area contributed by atoms with Gasteiger partial charge in [0.05, 0.1) is 29.2 Å². The monoisotopic (exact) mass is 454 g/mol. The van der Waals surface area contributed by atoms with Crippen LogP contribution < -0.4 is 5.32 Å². The molecule has 0 saturated heterocycles. The van der Waals surface area contributed by atoms with Crippen LogP contribution in [0.1, 0.15) is 57.2 Å². The Labute approximate surface area is 203 Å². The molecule has 1 N–H and O–H groups in total. The third kappa shape index (κ3) is 5.73. The average Bonchev–Trinajstić information content (AvgIpc) is 2.85. The lowest BCUT2D eigenvalue weighted by atomic mass is 9.76. The van der Waals surface area contributed by atoms with Gasteiger partial charge in [0.2, 0.25) is 0 Å². The molecule has 0 aliphatic carbocycles. The largest absolute Gasteiger partial charge is 0.463 e. The number of hydrogen-bond donors (Lipinski definition) is 1. The molecule has 0 saturated carbocycles. The van der Waals surface area contributed by atoms with Gasteiger partial charge in [-0.05, 0) is 57.2 Å². The summed E-state index contributed by atoms with van der Waals surface area (Å²) in [7, 11) is 0. The maximum absolute atomic E-state index is 12.6. The molecule has 176 valence electrons. The van der Waals surface area contributed by atoms with Crippen LogP contribution in [0.25, 0.3) is 0 Å². The molecule has 1 unspecified atom stereocenters. The zero-order valence-corrected chi connectivity index (χ0v) is 20.5. The summed E-state index contributed by atoms with van der Waals surface area (Å²) in [6.07, 6.45) is 0.863. The third-order valence-electron chi connectivity index (χ3n) is 6.12. The van der Waals surface area contributed by atoms with E-state index in [0.29, 0.717) is 12.8 Å². The van der Waals surface area contributed by atoms with E-state index in [4.69, 9.17) is 4.74 Å².